The summed E-state index contributed by atoms with van der Waals surface area (Å²) < 4.78 is 4.84. The highest BCUT2D eigenvalue weighted by Crippen LogP contribution is 2.07. The Morgan fingerprint density at radius 3 is 2.82 bits per heavy atom. The number of esters is 1. The van der Waals surface area contributed by atoms with Crippen LogP contribution in [0.4, 0.5) is 0 Å². The molecule has 7 nitrogen and oxygen atoms in total. The molecule has 0 spiro atoms. The lowest BCUT2D eigenvalue weighted by molar-refractivity contribution is -0.153. The first-order valence-electron chi connectivity index (χ1n) is 6.94. The normalized spacial score (nSPS) is 12.0. The lowest BCUT2D eigenvalue weighted by Crippen LogP contribution is -2.30. The number of ether oxygens (including phenoxy) is 1. The Morgan fingerprint density at radius 1 is 1.36 bits per heavy atom. The molecule has 2 rings (SSSR count). The zero-order valence-electron chi connectivity index (χ0n) is 12.2. The summed E-state index contributed by atoms with van der Waals surface area (Å²) >= 11 is 0. The van der Waals surface area contributed by atoms with E-state index in [0.717, 1.165) is 0 Å². The van der Waals surface area contributed by atoms with E-state index in [9.17, 15) is 14.4 Å². The summed E-state index contributed by atoms with van der Waals surface area (Å²) in [5, 5.41) is 0.529. The minimum atomic E-state index is -0.939. The van der Waals surface area contributed by atoms with E-state index in [4.69, 9.17) is 10.5 Å². The summed E-state index contributed by atoms with van der Waals surface area (Å²) in [7, 11) is 0. The fourth-order valence-corrected chi connectivity index (χ4v) is 1.97. The first-order valence-corrected chi connectivity index (χ1v) is 6.94. The standard InChI is InChI=1S/C15H17N3O4/c1-9(14(16)20)22-13(19)8-4-7-12-17-11-6-3-2-5-10(11)15(21)18-12/h2-3,5-6,9H,4,7-8H2,1H3,(H2,16,20)(H,17,18,21). The van der Waals surface area contributed by atoms with Crippen LogP contribution < -0.4 is 11.3 Å². The molecule has 2 aromatic rings. The summed E-state index contributed by atoms with van der Waals surface area (Å²) in [6.07, 6.45) is 0.0611. The molecule has 1 unspecified atom stereocenters. The molecule has 0 saturated carbocycles. The lowest BCUT2D eigenvalue weighted by Gasteiger charge is -2.09. The minimum Gasteiger partial charge on any atom is -0.453 e. The van der Waals surface area contributed by atoms with E-state index in [0.29, 0.717) is 29.6 Å². The highest BCUT2D eigenvalue weighted by Gasteiger charge is 2.14. The van der Waals surface area contributed by atoms with Crippen LogP contribution in [-0.4, -0.2) is 27.9 Å². The van der Waals surface area contributed by atoms with Crippen molar-refractivity contribution in [2.24, 2.45) is 5.73 Å². The summed E-state index contributed by atoms with van der Waals surface area (Å²) in [5.74, 6) is -0.678. The number of fused-ring (bicyclic) bond motifs is 1. The van der Waals surface area contributed by atoms with Crippen molar-refractivity contribution in [2.75, 3.05) is 0 Å². The number of hydrogen-bond donors (Lipinski definition) is 2. The van der Waals surface area contributed by atoms with Gasteiger partial charge in [0.25, 0.3) is 11.5 Å². The molecule has 1 amide bonds. The largest absolute Gasteiger partial charge is 0.453 e. The molecule has 3 N–H and O–H groups in total. The van der Waals surface area contributed by atoms with Crippen molar-refractivity contribution in [3.8, 4) is 0 Å². The zero-order chi connectivity index (χ0) is 16.1. The Hall–Kier alpha value is -2.70. The van der Waals surface area contributed by atoms with Gasteiger partial charge in [0.05, 0.1) is 10.9 Å². The van der Waals surface area contributed by atoms with Gasteiger partial charge in [-0.1, -0.05) is 12.1 Å². The zero-order valence-corrected chi connectivity index (χ0v) is 12.2. The number of primary amides is 1. The van der Waals surface area contributed by atoms with Crippen LogP contribution in [0.2, 0.25) is 0 Å². The van der Waals surface area contributed by atoms with Crippen LogP contribution in [0.5, 0.6) is 0 Å². The Labute approximate surface area is 126 Å². The van der Waals surface area contributed by atoms with E-state index in [-0.39, 0.29) is 12.0 Å². The van der Waals surface area contributed by atoms with Crippen molar-refractivity contribution < 1.29 is 14.3 Å². The van der Waals surface area contributed by atoms with Gasteiger partial charge in [-0.05, 0) is 25.5 Å². The number of nitrogens with zero attached hydrogens (tertiary/aromatic N) is 1. The summed E-state index contributed by atoms with van der Waals surface area (Å²) in [5.41, 5.74) is 5.42. The smallest absolute Gasteiger partial charge is 0.306 e. The van der Waals surface area contributed by atoms with E-state index in [2.05, 4.69) is 9.97 Å². The Bertz CT molecular complexity index is 754. The molecule has 0 aliphatic rings. The van der Waals surface area contributed by atoms with Gasteiger partial charge in [0, 0.05) is 12.8 Å². The van der Waals surface area contributed by atoms with Crippen LogP contribution in [0, 0.1) is 0 Å². The van der Waals surface area contributed by atoms with E-state index in [1.165, 1.54) is 6.92 Å². The van der Waals surface area contributed by atoms with Crippen molar-refractivity contribution in [1.29, 1.82) is 0 Å². The monoisotopic (exact) mass is 303 g/mol. The van der Waals surface area contributed by atoms with Gasteiger partial charge in [0.15, 0.2) is 6.10 Å². The maximum atomic E-state index is 11.9. The number of rotatable bonds is 6. The Kier molecular flexibility index (Phi) is 4.88. The third kappa shape index (κ3) is 3.91. The molecule has 22 heavy (non-hydrogen) atoms. The van der Waals surface area contributed by atoms with Crippen molar-refractivity contribution in [3.05, 3.63) is 40.4 Å². The van der Waals surface area contributed by atoms with Gasteiger partial charge >= 0.3 is 5.97 Å². The van der Waals surface area contributed by atoms with Crippen LogP contribution in [0.1, 0.15) is 25.6 Å². The van der Waals surface area contributed by atoms with Crippen molar-refractivity contribution in [1.82, 2.24) is 9.97 Å². The average molecular weight is 303 g/mol. The molecular weight excluding hydrogens is 286 g/mol. The number of benzene rings is 1. The number of nitrogens with one attached hydrogen (secondary N) is 1. The molecule has 0 aliphatic heterocycles. The third-order valence-corrected chi connectivity index (χ3v) is 3.17. The quantitative estimate of drug-likeness (QED) is 0.761. The van der Waals surface area contributed by atoms with E-state index < -0.39 is 18.0 Å². The fourth-order valence-electron chi connectivity index (χ4n) is 1.97. The molecule has 0 saturated heterocycles. The van der Waals surface area contributed by atoms with Crippen LogP contribution in [0.15, 0.2) is 29.1 Å². The molecule has 116 valence electrons. The minimum absolute atomic E-state index is 0.119. The van der Waals surface area contributed by atoms with Crippen LogP contribution in [0.25, 0.3) is 10.9 Å². The fraction of sp³-hybridized carbons (Fsp3) is 0.333. The van der Waals surface area contributed by atoms with E-state index in [1.54, 1.807) is 24.3 Å². The second-order valence-corrected chi connectivity index (χ2v) is 4.92. The number of amides is 1. The van der Waals surface area contributed by atoms with Crippen molar-refractivity contribution in [3.63, 3.8) is 0 Å². The molecule has 0 aliphatic carbocycles. The highest BCUT2D eigenvalue weighted by atomic mass is 16.5. The van der Waals surface area contributed by atoms with Gasteiger partial charge in [-0.25, -0.2) is 4.98 Å². The van der Waals surface area contributed by atoms with E-state index >= 15 is 0 Å². The van der Waals surface area contributed by atoms with E-state index in [1.807, 2.05) is 0 Å². The van der Waals surface area contributed by atoms with Crippen LogP contribution in [0.3, 0.4) is 0 Å². The van der Waals surface area contributed by atoms with Crippen molar-refractivity contribution >= 4 is 22.8 Å². The molecule has 1 aromatic carbocycles. The molecule has 1 aromatic heterocycles. The molecule has 7 heteroatoms. The number of nitrogens with two attached hydrogens (primary N) is 1. The number of hydrogen-bond acceptors (Lipinski definition) is 5. The maximum absolute atomic E-state index is 11.9. The molecule has 1 atom stereocenters. The number of carbonyl (C=O) groups excluding carboxylic acids is 2. The first kappa shape index (κ1) is 15.7. The van der Waals surface area contributed by atoms with Gasteiger partial charge in [0.2, 0.25) is 0 Å². The molecule has 0 bridgehead atoms. The molecule has 1 heterocycles. The second-order valence-electron chi connectivity index (χ2n) is 4.92. The molecule has 0 radical (unpaired) electrons. The number of H-pyrrole nitrogens is 1. The van der Waals surface area contributed by atoms with Crippen LogP contribution in [-0.2, 0) is 20.7 Å². The molecule has 0 fully saturated rings. The van der Waals surface area contributed by atoms with Gasteiger partial charge in [-0.15, -0.1) is 0 Å². The van der Waals surface area contributed by atoms with Gasteiger partial charge in [-0.2, -0.15) is 0 Å². The highest BCUT2D eigenvalue weighted by molar-refractivity contribution is 5.81. The van der Waals surface area contributed by atoms with Gasteiger partial charge in [-0.3, -0.25) is 14.4 Å². The summed E-state index contributed by atoms with van der Waals surface area (Å²) in [6.45, 7) is 1.42. The number of aryl methyl sites for hydroxylation is 1. The van der Waals surface area contributed by atoms with Gasteiger partial charge < -0.3 is 15.5 Å². The number of aromatic amines is 1. The lowest BCUT2D eigenvalue weighted by atomic mass is 10.2. The SMILES string of the molecule is CC(OC(=O)CCCc1nc2ccccc2c(=O)[nH]1)C(N)=O. The summed E-state index contributed by atoms with van der Waals surface area (Å²) in [4.78, 5) is 41.2. The number of aromatic nitrogens is 2. The topological polar surface area (TPSA) is 115 Å². The Morgan fingerprint density at radius 2 is 2.09 bits per heavy atom. The number of carbonyl (C=O) groups is 2. The first-order chi connectivity index (χ1) is 10.5. The van der Waals surface area contributed by atoms with Crippen LogP contribution >= 0.6 is 0 Å². The average Bonchev–Trinajstić information content (AvgIpc) is 2.47. The maximum Gasteiger partial charge on any atom is 0.306 e. The predicted octanol–water partition coefficient (Wildman–Crippen LogP) is 0.663. The predicted molar refractivity (Wildman–Crippen MR) is 80.1 cm³/mol. The Balaban J connectivity index is 1.94. The number of para-hydroxylation sites is 1. The summed E-state index contributed by atoms with van der Waals surface area (Å²) in [6, 6.07) is 7.04. The third-order valence-electron chi connectivity index (χ3n) is 3.17. The second kappa shape index (κ2) is 6.84. The van der Waals surface area contributed by atoms with Gasteiger partial charge in [0.1, 0.15) is 5.82 Å². The van der Waals surface area contributed by atoms with Crippen molar-refractivity contribution in [2.45, 2.75) is 32.3 Å². The molecular formula is C15H17N3O4.